The standard InChI is InChI=1S/C13H18O8/c1-6(14)18-10-5-11(19-7(2)15)13(21-9(4)17)12(10)20-8(3)16/h10-13H,5H2,1-4H3/t10-,11+,12+,13-. The molecule has 0 aromatic heterocycles. The molecule has 0 aliphatic heterocycles. The second-order valence-corrected chi connectivity index (χ2v) is 4.68. The summed E-state index contributed by atoms with van der Waals surface area (Å²) in [7, 11) is 0. The molecule has 0 heterocycles. The van der Waals surface area contributed by atoms with Crippen molar-refractivity contribution in [2.45, 2.75) is 58.5 Å². The molecule has 0 aromatic rings. The first-order valence-electron chi connectivity index (χ1n) is 6.39. The number of hydrogen-bond donors (Lipinski definition) is 0. The van der Waals surface area contributed by atoms with Gasteiger partial charge < -0.3 is 18.9 Å². The maximum absolute atomic E-state index is 11.2. The molecule has 0 unspecified atom stereocenters. The molecular weight excluding hydrogens is 284 g/mol. The summed E-state index contributed by atoms with van der Waals surface area (Å²) in [5, 5.41) is 0. The fourth-order valence-electron chi connectivity index (χ4n) is 2.25. The van der Waals surface area contributed by atoms with Crippen molar-refractivity contribution in [2.24, 2.45) is 0 Å². The highest BCUT2D eigenvalue weighted by molar-refractivity contribution is 5.69. The number of esters is 4. The summed E-state index contributed by atoms with van der Waals surface area (Å²) < 4.78 is 20.2. The van der Waals surface area contributed by atoms with Gasteiger partial charge >= 0.3 is 23.9 Å². The van der Waals surface area contributed by atoms with Crippen LogP contribution in [0.15, 0.2) is 0 Å². The Morgan fingerprint density at radius 3 is 1.14 bits per heavy atom. The van der Waals surface area contributed by atoms with Crippen LogP contribution in [0.3, 0.4) is 0 Å². The fourth-order valence-corrected chi connectivity index (χ4v) is 2.25. The van der Waals surface area contributed by atoms with Crippen molar-refractivity contribution in [3.63, 3.8) is 0 Å². The molecule has 0 spiro atoms. The summed E-state index contributed by atoms with van der Waals surface area (Å²) in [5.41, 5.74) is 0. The molecule has 0 saturated heterocycles. The normalized spacial score (nSPS) is 27.6. The van der Waals surface area contributed by atoms with E-state index < -0.39 is 48.3 Å². The van der Waals surface area contributed by atoms with Gasteiger partial charge in [-0.05, 0) is 0 Å². The Hall–Kier alpha value is -2.12. The number of ether oxygens (including phenoxy) is 4. The van der Waals surface area contributed by atoms with E-state index in [-0.39, 0.29) is 6.42 Å². The Labute approximate surface area is 121 Å². The molecular formula is C13H18O8. The molecule has 1 fully saturated rings. The maximum Gasteiger partial charge on any atom is 0.303 e. The molecule has 118 valence electrons. The van der Waals surface area contributed by atoms with Crippen LogP contribution in [0.2, 0.25) is 0 Å². The molecule has 1 rings (SSSR count). The lowest BCUT2D eigenvalue weighted by Crippen LogP contribution is -2.41. The van der Waals surface area contributed by atoms with Crippen LogP contribution in [0.25, 0.3) is 0 Å². The smallest absolute Gasteiger partial charge is 0.303 e. The highest BCUT2D eigenvalue weighted by atomic mass is 16.6. The molecule has 1 saturated carbocycles. The molecule has 4 atom stereocenters. The summed E-state index contributed by atoms with van der Waals surface area (Å²) in [6, 6.07) is 0. The van der Waals surface area contributed by atoms with Crippen molar-refractivity contribution >= 4 is 23.9 Å². The highest BCUT2D eigenvalue weighted by Gasteiger charge is 2.51. The van der Waals surface area contributed by atoms with E-state index in [4.69, 9.17) is 18.9 Å². The van der Waals surface area contributed by atoms with Crippen LogP contribution < -0.4 is 0 Å². The van der Waals surface area contributed by atoms with E-state index >= 15 is 0 Å². The van der Waals surface area contributed by atoms with Gasteiger partial charge in [-0.1, -0.05) is 0 Å². The minimum absolute atomic E-state index is 0.0784. The van der Waals surface area contributed by atoms with E-state index in [1.54, 1.807) is 0 Å². The van der Waals surface area contributed by atoms with Crippen LogP contribution in [0.5, 0.6) is 0 Å². The third-order valence-electron chi connectivity index (χ3n) is 2.76. The molecule has 0 radical (unpaired) electrons. The van der Waals surface area contributed by atoms with Gasteiger partial charge in [-0.25, -0.2) is 0 Å². The van der Waals surface area contributed by atoms with Gasteiger partial charge in [-0.3, -0.25) is 19.2 Å². The van der Waals surface area contributed by atoms with Crippen LogP contribution in [0.4, 0.5) is 0 Å². The van der Waals surface area contributed by atoms with Gasteiger partial charge in [-0.2, -0.15) is 0 Å². The zero-order chi connectivity index (χ0) is 16.2. The number of carbonyl (C=O) groups excluding carboxylic acids is 4. The summed E-state index contributed by atoms with van der Waals surface area (Å²) in [6.07, 6.45) is -3.64. The average Bonchev–Trinajstić information content (AvgIpc) is 2.55. The van der Waals surface area contributed by atoms with Gasteiger partial charge in [0.15, 0.2) is 12.2 Å². The monoisotopic (exact) mass is 302 g/mol. The van der Waals surface area contributed by atoms with Crippen molar-refractivity contribution in [3.8, 4) is 0 Å². The van der Waals surface area contributed by atoms with Crippen molar-refractivity contribution in [1.29, 1.82) is 0 Å². The van der Waals surface area contributed by atoms with Gasteiger partial charge in [0.2, 0.25) is 0 Å². The lowest BCUT2D eigenvalue weighted by molar-refractivity contribution is -0.180. The largest absolute Gasteiger partial charge is 0.458 e. The van der Waals surface area contributed by atoms with E-state index in [1.165, 1.54) is 27.7 Å². The summed E-state index contributed by atoms with van der Waals surface area (Å²) in [5.74, 6) is -2.42. The Morgan fingerprint density at radius 2 is 0.905 bits per heavy atom. The minimum atomic E-state index is -1.01. The first-order chi connectivity index (χ1) is 9.70. The average molecular weight is 302 g/mol. The van der Waals surface area contributed by atoms with Gasteiger partial charge in [0, 0.05) is 34.1 Å². The topological polar surface area (TPSA) is 105 Å². The predicted octanol–water partition coefficient (Wildman–Crippen LogP) is 0.117. The van der Waals surface area contributed by atoms with Crippen LogP contribution in [-0.2, 0) is 38.1 Å². The van der Waals surface area contributed by atoms with Crippen molar-refractivity contribution < 1.29 is 38.1 Å². The third-order valence-corrected chi connectivity index (χ3v) is 2.76. The lowest BCUT2D eigenvalue weighted by Gasteiger charge is -2.25. The SMILES string of the molecule is CC(=O)O[C@@H]1[C@H](OC(C)=O)[C@@H](OC(C)=O)C[C@H]1OC(C)=O. The quantitative estimate of drug-likeness (QED) is 0.532. The molecule has 8 nitrogen and oxygen atoms in total. The first-order valence-corrected chi connectivity index (χ1v) is 6.39. The Balaban J connectivity index is 2.99. The molecule has 0 aromatic carbocycles. The summed E-state index contributed by atoms with van der Waals surface area (Å²) in [6.45, 7) is 4.75. The molecule has 0 bridgehead atoms. The summed E-state index contributed by atoms with van der Waals surface area (Å²) in [4.78, 5) is 44.6. The van der Waals surface area contributed by atoms with Crippen molar-refractivity contribution in [1.82, 2.24) is 0 Å². The number of carbonyl (C=O) groups is 4. The zero-order valence-electron chi connectivity index (χ0n) is 12.3. The lowest BCUT2D eigenvalue weighted by atomic mass is 10.2. The minimum Gasteiger partial charge on any atom is -0.458 e. The Bertz CT molecular complexity index is 403. The predicted molar refractivity (Wildman–Crippen MR) is 66.8 cm³/mol. The second kappa shape index (κ2) is 7.05. The first kappa shape index (κ1) is 16.9. The Kier molecular flexibility index (Phi) is 5.69. The van der Waals surface area contributed by atoms with Gasteiger partial charge in [-0.15, -0.1) is 0 Å². The van der Waals surface area contributed by atoms with E-state index in [0.717, 1.165) is 0 Å². The molecule has 0 N–H and O–H groups in total. The summed E-state index contributed by atoms with van der Waals surface area (Å²) >= 11 is 0. The highest BCUT2D eigenvalue weighted by Crippen LogP contribution is 2.31. The molecule has 8 heteroatoms. The third kappa shape index (κ3) is 5.05. The fraction of sp³-hybridized carbons (Fsp3) is 0.692. The molecule has 1 aliphatic carbocycles. The number of hydrogen-bond acceptors (Lipinski definition) is 8. The van der Waals surface area contributed by atoms with Crippen molar-refractivity contribution in [3.05, 3.63) is 0 Å². The van der Waals surface area contributed by atoms with E-state index in [9.17, 15) is 19.2 Å². The van der Waals surface area contributed by atoms with E-state index in [0.29, 0.717) is 0 Å². The van der Waals surface area contributed by atoms with E-state index in [2.05, 4.69) is 0 Å². The zero-order valence-corrected chi connectivity index (χ0v) is 12.3. The van der Waals surface area contributed by atoms with Crippen molar-refractivity contribution in [2.75, 3.05) is 0 Å². The van der Waals surface area contributed by atoms with Crippen LogP contribution in [0.1, 0.15) is 34.1 Å². The number of rotatable bonds is 4. The van der Waals surface area contributed by atoms with E-state index in [1.807, 2.05) is 0 Å². The molecule has 21 heavy (non-hydrogen) atoms. The van der Waals surface area contributed by atoms with Crippen LogP contribution in [-0.4, -0.2) is 48.3 Å². The Morgan fingerprint density at radius 1 is 0.619 bits per heavy atom. The van der Waals surface area contributed by atoms with Crippen LogP contribution in [0, 0.1) is 0 Å². The molecule has 1 aliphatic rings. The maximum atomic E-state index is 11.2. The second-order valence-electron chi connectivity index (χ2n) is 4.68. The molecule has 0 amide bonds. The van der Waals surface area contributed by atoms with Gasteiger partial charge in [0.1, 0.15) is 12.2 Å². The van der Waals surface area contributed by atoms with Crippen LogP contribution >= 0.6 is 0 Å². The van der Waals surface area contributed by atoms with Gasteiger partial charge in [0.05, 0.1) is 0 Å². The van der Waals surface area contributed by atoms with Gasteiger partial charge in [0.25, 0.3) is 0 Å².